The zero-order valence-corrected chi connectivity index (χ0v) is 12.8. The molecule has 2 bridgehead atoms. The Kier molecular flexibility index (Phi) is 3.12. The lowest BCUT2D eigenvalue weighted by molar-refractivity contribution is -0.112. The monoisotopic (exact) mass is 294 g/mol. The zero-order chi connectivity index (χ0) is 14.5. The van der Waals surface area contributed by atoms with Crippen molar-refractivity contribution >= 4 is 17.3 Å². The number of nitrogens with zero attached hydrogens (tertiary/aromatic N) is 1. The van der Waals surface area contributed by atoms with E-state index in [-0.39, 0.29) is 17.8 Å². The van der Waals surface area contributed by atoms with Gasteiger partial charge in [-0.2, -0.15) is 0 Å². The third-order valence-electron chi connectivity index (χ3n) is 4.49. The van der Waals surface area contributed by atoms with Crippen molar-refractivity contribution in [2.45, 2.75) is 39.0 Å². The second-order valence-electron chi connectivity index (χ2n) is 5.68. The van der Waals surface area contributed by atoms with Crippen LogP contribution in [-0.2, 0) is 0 Å². The molecule has 1 aromatic carbocycles. The summed E-state index contributed by atoms with van der Waals surface area (Å²) in [5.74, 6) is 0.223. The number of thiocarbonyl (C=S) groups is 1. The Hall–Kier alpha value is -1.36. The molecular weight excluding hydrogens is 275 g/mol. The van der Waals surface area contributed by atoms with Gasteiger partial charge < -0.3 is 15.0 Å². The first-order valence-electron chi connectivity index (χ1n) is 7.04. The van der Waals surface area contributed by atoms with E-state index in [0.29, 0.717) is 10.9 Å². The van der Waals surface area contributed by atoms with Crippen molar-refractivity contribution in [3.8, 4) is 5.75 Å². The Bertz CT molecular complexity index is 565. The van der Waals surface area contributed by atoms with E-state index < -0.39 is 5.72 Å². The van der Waals surface area contributed by atoms with E-state index >= 15 is 0 Å². The summed E-state index contributed by atoms with van der Waals surface area (Å²) in [6, 6.07) is 5.07. The predicted octanol–water partition coefficient (Wildman–Crippen LogP) is 3.21. The van der Waals surface area contributed by atoms with Crippen molar-refractivity contribution < 1.29 is 9.13 Å². The lowest BCUT2D eigenvalue weighted by atomic mass is 9.81. The van der Waals surface area contributed by atoms with E-state index in [9.17, 15) is 4.39 Å². The minimum absolute atomic E-state index is 0.0000520. The molecule has 0 amide bonds. The summed E-state index contributed by atoms with van der Waals surface area (Å²) in [4.78, 5) is 2.04. The molecule has 1 N–H and O–H groups in total. The molecule has 0 saturated carbocycles. The van der Waals surface area contributed by atoms with Gasteiger partial charge in [-0.15, -0.1) is 0 Å². The Morgan fingerprint density at radius 3 is 2.95 bits per heavy atom. The van der Waals surface area contributed by atoms with Crippen LogP contribution in [0.15, 0.2) is 18.2 Å². The number of hydrogen-bond acceptors (Lipinski definition) is 2. The summed E-state index contributed by atoms with van der Waals surface area (Å²) < 4.78 is 20.2. The molecule has 2 heterocycles. The molecule has 0 aromatic heterocycles. The van der Waals surface area contributed by atoms with E-state index in [1.807, 2.05) is 17.9 Å². The van der Waals surface area contributed by atoms with Crippen LogP contribution >= 0.6 is 12.2 Å². The molecule has 3 nitrogen and oxygen atoms in total. The molecule has 1 aromatic rings. The van der Waals surface area contributed by atoms with Crippen molar-refractivity contribution in [2.75, 3.05) is 6.54 Å². The second kappa shape index (κ2) is 4.58. The number of ether oxygens (including phenoxy) is 1. The highest BCUT2D eigenvalue weighted by Crippen LogP contribution is 2.48. The van der Waals surface area contributed by atoms with Gasteiger partial charge in [0.1, 0.15) is 0 Å². The topological polar surface area (TPSA) is 24.5 Å². The molecule has 0 radical (unpaired) electrons. The largest absolute Gasteiger partial charge is 0.464 e. The molecule has 3 unspecified atom stereocenters. The number of nitrogens with one attached hydrogen (secondary N) is 1. The number of fused-ring (bicyclic) bond motifs is 4. The number of rotatable bonds is 2. The first-order valence-corrected chi connectivity index (χ1v) is 7.45. The third-order valence-corrected chi connectivity index (χ3v) is 4.83. The Morgan fingerprint density at radius 2 is 2.25 bits per heavy atom. The van der Waals surface area contributed by atoms with Crippen LogP contribution < -0.4 is 10.1 Å². The summed E-state index contributed by atoms with van der Waals surface area (Å²) in [6.07, 6.45) is 0.961. The molecule has 1 saturated heterocycles. The maximum Gasteiger partial charge on any atom is 0.186 e. The first-order chi connectivity index (χ1) is 9.49. The van der Waals surface area contributed by atoms with Gasteiger partial charge in [0, 0.05) is 18.0 Å². The van der Waals surface area contributed by atoms with Crippen LogP contribution in [0, 0.1) is 11.7 Å². The maximum absolute atomic E-state index is 14.1. The molecule has 108 valence electrons. The van der Waals surface area contributed by atoms with Gasteiger partial charge in [-0.25, -0.2) is 4.39 Å². The molecule has 20 heavy (non-hydrogen) atoms. The first kappa shape index (κ1) is 13.6. The third kappa shape index (κ3) is 1.72. The van der Waals surface area contributed by atoms with Gasteiger partial charge in [-0.3, -0.25) is 0 Å². The van der Waals surface area contributed by atoms with E-state index in [1.54, 1.807) is 6.07 Å². The number of benzene rings is 1. The van der Waals surface area contributed by atoms with Crippen LogP contribution in [0.2, 0.25) is 0 Å². The Balaban J connectivity index is 2.12. The van der Waals surface area contributed by atoms with Crippen LogP contribution in [0.5, 0.6) is 5.75 Å². The van der Waals surface area contributed by atoms with Crippen molar-refractivity contribution in [1.29, 1.82) is 0 Å². The van der Waals surface area contributed by atoms with Gasteiger partial charge in [0.05, 0.1) is 6.04 Å². The fourth-order valence-corrected chi connectivity index (χ4v) is 3.62. The lowest BCUT2D eigenvalue weighted by Gasteiger charge is -2.56. The number of halogens is 1. The minimum atomic E-state index is -0.599. The fraction of sp³-hybridized carbons (Fsp3) is 0.533. The van der Waals surface area contributed by atoms with Crippen molar-refractivity contribution in [3.63, 3.8) is 0 Å². The van der Waals surface area contributed by atoms with E-state index in [2.05, 4.69) is 19.2 Å². The smallest absolute Gasteiger partial charge is 0.186 e. The van der Waals surface area contributed by atoms with Gasteiger partial charge in [0.25, 0.3) is 0 Å². The van der Waals surface area contributed by atoms with Gasteiger partial charge in [0.2, 0.25) is 0 Å². The average Bonchev–Trinajstić information content (AvgIpc) is 2.41. The highest BCUT2D eigenvalue weighted by atomic mass is 32.1. The standard InChI is InChI=1S/C15H19FN2OS/c1-4-8-18-14(20)17-12-9(2)15(18,3)19-13-10(12)6-5-7-11(13)16/h5-7,9,12H,4,8H2,1-3H3,(H,17,20). The van der Waals surface area contributed by atoms with Crippen molar-refractivity contribution in [1.82, 2.24) is 10.2 Å². The summed E-state index contributed by atoms with van der Waals surface area (Å²) in [5.41, 5.74) is 0.256. The minimum Gasteiger partial charge on any atom is -0.464 e. The summed E-state index contributed by atoms with van der Waals surface area (Å²) >= 11 is 5.47. The van der Waals surface area contributed by atoms with Crippen molar-refractivity contribution in [3.05, 3.63) is 29.6 Å². The summed E-state index contributed by atoms with van der Waals surface area (Å²) in [5, 5.41) is 4.04. The predicted molar refractivity (Wildman–Crippen MR) is 80.1 cm³/mol. The molecule has 3 rings (SSSR count). The lowest BCUT2D eigenvalue weighted by Crippen LogP contribution is -2.69. The molecule has 5 heteroatoms. The van der Waals surface area contributed by atoms with Gasteiger partial charge in [-0.1, -0.05) is 26.0 Å². The van der Waals surface area contributed by atoms with Gasteiger partial charge >= 0.3 is 0 Å². The molecule has 0 aliphatic carbocycles. The van der Waals surface area contributed by atoms with E-state index in [4.69, 9.17) is 17.0 Å². The van der Waals surface area contributed by atoms with Crippen LogP contribution in [0.1, 0.15) is 38.8 Å². The molecular formula is C15H19FN2OS. The zero-order valence-electron chi connectivity index (χ0n) is 11.9. The quantitative estimate of drug-likeness (QED) is 0.847. The highest BCUT2D eigenvalue weighted by molar-refractivity contribution is 7.80. The maximum atomic E-state index is 14.1. The second-order valence-corrected chi connectivity index (χ2v) is 6.07. The Labute approximate surface area is 124 Å². The normalized spacial score (nSPS) is 31.4. The van der Waals surface area contributed by atoms with Crippen LogP contribution in [0.4, 0.5) is 4.39 Å². The molecule has 2 aliphatic rings. The fourth-order valence-electron chi connectivity index (χ4n) is 3.22. The van der Waals surface area contributed by atoms with Crippen LogP contribution in [-0.4, -0.2) is 22.3 Å². The van der Waals surface area contributed by atoms with Crippen LogP contribution in [0.25, 0.3) is 0 Å². The SMILES string of the molecule is CCCN1C(=S)NC2c3cccc(F)c3OC1(C)C2C. The number of para-hydroxylation sites is 1. The van der Waals surface area contributed by atoms with E-state index in [1.165, 1.54) is 6.07 Å². The highest BCUT2D eigenvalue weighted by Gasteiger charge is 2.53. The van der Waals surface area contributed by atoms with Gasteiger partial charge in [-0.05, 0) is 31.6 Å². The average molecular weight is 294 g/mol. The molecule has 2 aliphatic heterocycles. The van der Waals surface area contributed by atoms with Crippen LogP contribution in [0.3, 0.4) is 0 Å². The van der Waals surface area contributed by atoms with Gasteiger partial charge in [0.15, 0.2) is 22.4 Å². The molecule has 1 fully saturated rings. The molecule has 3 atom stereocenters. The summed E-state index contributed by atoms with van der Waals surface area (Å²) in [7, 11) is 0. The molecule has 0 spiro atoms. The van der Waals surface area contributed by atoms with E-state index in [0.717, 1.165) is 18.5 Å². The number of hydrogen-bond donors (Lipinski definition) is 1. The summed E-state index contributed by atoms with van der Waals surface area (Å²) in [6.45, 7) is 7.02. The Morgan fingerprint density at radius 1 is 1.50 bits per heavy atom. The van der Waals surface area contributed by atoms with Crippen molar-refractivity contribution in [2.24, 2.45) is 5.92 Å².